The van der Waals surface area contributed by atoms with Gasteiger partial charge in [0.15, 0.2) is 0 Å². The van der Waals surface area contributed by atoms with Crippen LogP contribution >= 0.6 is 11.3 Å². The number of nitrogens with one attached hydrogen (secondary N) is 1. The van der Waals surface area contributed by atoms with E-state index in [2.05, 4.69) is 37.5 Å². The van der Waals surface area contributed by atoms with E-state index in [1.165, 1.54) is 38.5 Å². The summed E-state index contributed by atoms with van der Waals surface area (Å²) >= 11 is 1.96. The normalized spacial score (nSPS) is 41.9. The summed E-state index contributed by atoms with van der Waals surface area (Å²) < 4.78 is 0. The van der Waals surface area contributed by atoms with Gasteiger partial charge in [-0.25, -0.2) is 0 Å². The van der Waals surface area contributed by atoms with E-state index in [1.807, 2.05) is 11.3 Å². The van der Waals surface area contributed by atoms with E-state index in [9.17, 15) is 0 Å². The van der Waals surface area contributed by atoms with Crippen LogP contribution in [0.4, 0.5) is 0 Å². The standard InChI is InChI=1S/C18H27NS/c1-17(2)12-7-9-18(3,11-12)16(17)19-14-5-4-6-15-13(14)8-10-20-15/h8,10,12,14,16,19H,4-7,9,11H2,1-3H3. The Balaban J connectivity index is 1.61. The van der Waals surface area contributed by atoms with E-state index in [-0.39, 0.29) is 0 Å². The Labute approximate surface area is 127 Å². The molecule has 4 unspecified atom stereocenters. The van der Waals surface area contributed by atoms with Crippen molar-refractivity contribution >= 4 is 11.3 Å². The molecule has 0 amide bonds. The fourth-order valence-corrected chi connectivity index (χ4v) is 6.57. The predicted molar refractivity (Wildman–Crippen MR) is 86.2 cm³/mol. The Morgan fingerprint density at radius 1 is 1.25 bits per heavy atom. The van der Waals surface area contributed by atoms with Gasteiger partial charge in [0, 0.05) is 17.0 Å². The highest BCUT2D eigenvalue weighted by Gasteiger charge is 2.59. The van der Waals surface area contributed by atoms with Gasteiger partial charge < -0.3 is 5.32 Å². The van der Waals surface area contributed by atoms with Crippen molar-refractivity contribution in [2.24, 2.45) is 16.7 Å². The minimum absolute atomic E-state index is 0.473. The fraction of sp³-hybridized carbons (Fsp3) is 0.778. The Kier molecular flexibility index (Phi) is 2.89. The van der Waals surface area contributed by atoms with Crippen LogP contribution in [0.15, 0.2) is 11.4 Å². The van der Waals surface area contributed by atoms with Crippen molar-refractivity contribution < 1.29 is 0 Å². The average Bonchev–Trinajstić information content (AvgIpc) is 3.05. The van der Waals surface area contributed by atoms with Crippen LogP contribution in [-0.4, -0.2) is 6.04 Å². The smallest absolute Gasteiger partial charge is 0.0334 e. The molecular weight excluding hydrogens is 262 g/mol. The summed E-state index contributed by atoms with van der Waals surface area (Å²) in [5.41, 5.74) is 2.63. The van der Waals surface area contributed by atoms with Crippen LogP contribution in [-0.2, 0) is 6.42 Å². The highest BCUT2D eigenvalue weighted by Crippen LogP contribution is 2.62. The Hall–Kier alpha value is -0.340. The molecule has 4 rings (SSSR count). The maximum absolute atomic E-state index is 4.13. The van der Waals surface area contributed by atoms with E-state index >= 15 is 0 Å². The number of thiophene rings is 1. The van der Waals surface area contributed by atoms with Crippen molar-refractivity contribution in [3.05, 3.63) is 21.9 Å². The lowest BCUT2D eigenvalue weighted by molar-refractivity contribution is 0.0958. The molecule has 0 aliphatic heterocycles. The van der Waals surface area contributed by atoms with Crippen LogP contribution in [0.25, 0.3) is 0 Å². The van der Waals surface area contributed by atoms with Crippen LogP contribution in [0.1, 0.15) is 69.4 Å². The lowest BCUT2D eigenvalue weighted by Gasteiger charge is -2.45. The van der Waals surface area contributed by atoms with Crippen LogP contribution in [0, 0.1) is 16.7 Å². The molecule has 0 radical (unpaired) electrons. The molecule has 4 atom stereocenters. The van der Waals surface area contributed by atoms with Crippen molar-refractivity contribution in [1.29, 1.82) is 0 Å². The molecule has 20 heavy (non-hydrogen) atoms. The van der Waals surface area contributed by atoms with Gasteiger partial charge in [-0.2, -0.15) is 0 Å². The summed E-state index contributed by atoms with van der Waals surface area (Å²) in [6, 6.07) is 3.69. The van der Waals surface area contributed by atoms with Gasteiger partial charge in [0.1, 0.15) is 0 Å². The molecule has 0 spiro atoms. The zero-order chi connectivity index (χ0) is 14.0. The van der Waals surface area contributed by atoms with Crippen molar-refractivity contribution in [2.75, 3.05) is 0 Å². The molecule has 0 saturated heterocycles. The first-order valence-electron chi connectivity index (χ1n) is 8.33. The summed E-state index contributed by atoms with van der Waals surface area (Å²) in [5.74, 6) is 0.940. The van der Waals surface area contributed by atoms with E-state index in [4.69, 9.17) is 0 Å². The SMILES string of the molecule is CC12CCC(C1)C(C)(C)C2NC1CCCc2sccc21. The minimum atomic E-state index is 0.473. The van der Waals surface area contributed by atoms with Gasteiger partial charge >= 0.3 is 0 Å². The van der Waals surface area contributed by atoms with Crippen molar-refractivity contribution in [1.82, 2.24) is 5.32 Å². The van der Waals surface area contributed by atoms with Crippen LogP contribution in [0.3, 0.4) is 0 Å². The van der Waals surface area contributed by atoms with E-state index in [0.29, 0.717) is 22.9 Å². The molecule has 1 nitrogen and oxygen atoms in total. The van der Waals surface area contributed by atoms with Crippen molar-refractivity contribution in [3.8, 4) is 0 Å². The molecule has 2 saturated carbocycles. The second-order valence-electron chi connectivity index (χ2n) is 8.26. The molecule has 0 aromatic carbocycles. The summed E-state index contributed by atoms with van der Waals surface area (Å²) in [7, 11) is 0. The summed E-state index contributed by atoms with van der Waals surface area (Å²) in [5, 5.41) is 6.42. The van der Waals surface area contributed by atoms with Crippen molar-refractivity contribution in [3.63, 3.8) is 0 Å². The lowest BCUT2D eigenvalue weighted by atomic mass is 9.68. The molecule has 1 aromatic rings. The highest BCUT2D eigenvalue weighted by molar-refractivity contribution is 7.10. The summed E-state index contributed by atoms with van der Waals surface area (Å²) in [6.07, 6.45) is 8.33. The molecule has 2 fully saturated rings. The van der Waals surface area contributed by atoms with Gasteiger partial charge in [-0.05, 0) is 72.3 Å². The monoisotopic (exact) mass is 289 g/mol. The second kappa shape index (κ2) is 4.33. The van der Waals surface area contributed by atoms with E-state index in [0.717, 1.165) is 5.92 Å². The van der Waals surface area contributed by atoms with E-state index in [1.54, 1.807) is 10.4 Å². The number of fused-ring (bicyclic) bond motifs is 3. The largest absolute Gasteiger partial charge is 0.306 e. The van der Waals surface area contributed by atoms with Crippen LogP contribution in [0.5, 0.6) is 0 Å². The molecule has 1 aromatic heterocycles. The third-order valence-corrected chi connectivity index (χ3v) is 7.69. The Morgan fingerprint density at radius 2 is 2.10 bits per heavy atom. The lowest BCUT2D eigenvalue weighted by Crippen LogP contribution is -2.51. The first-order valence-corrected chi connectivity index (χ1v) is 9.21. The summed E-state index contributed by atoms with van der Waals surface area (Å²) in [6.45, 7) is 7.56. The Morgan fingerprint density at radius 3 is 2.85 bits per heavy atom. The number of rotatable bonds is 2. The van der Waals surface area contributed by atoms with E-state index < -0.39 is 0 Å². The molecule has 2 heteroatoms. The number of aryl methyl sites for hydroxylation is 1. The summed E-state index contributed by atoms with van der Waals surface area (Å²) in [4.78, 5) is 1.64. The average molecular weight is 289 g/mol. The van der Waals surface area contributed by atoms with Gasteiger partial charge in [-0.3, -0.25) is 0 Å². The van der Waals surface area contributed by atoms with Gasteiger partial charge in [0.05, 0.1) is 0 Å². The third kappa shape index (κ3) is 1.77. The maximum atomic E-state index is 4.13. The molecule has 3 aliphatic carbocycles. The van der Waals surface area contributed by atoms with Crippen LogP contribution in [0.2, 0.25) is 0 Å². The zero-order valence-corrected chi connectivity index (χ0v) is 13.9. The van der Waals surface area contributed by atoms with Gasteiger partial charge in [0.25, 0.3) is 0 Å². The van der Waals surface area contributed by atoms with Gasteiger partial charge in [0.2, 0.25) is 0 Å². The molecule has 1 heterocycles. The molecule has 3 aliphatic rings. The quantitative estimate of drug-likeness (QED) is 0.814. The highest BCUT2D eigenvalue weighted by atomic mass is 32.1. The molecular formula is C18H27NS. The first-order chi connectivity index (χ1) is 9.51. The van der Waals surface area contributed by atoms with Crippen molar-refractivity contribution in [2.45, 2.75) is 71.4 Å². The first kappa shape index (κ1) is 13.3. The molecule has 2 bridgehead atoms. The topological polar surface area (TPSA) is 12.0 Å². The zero-order valence-electron chi connectivity index (χ0n) is 13.0. The molecule has 1 N–H and O–H groups in total. The number of hydrogen-bond acceptors (Lipinski definition) is 2. The van der Waals surface area contributed by atoms with Gasteiger partial charge in [-0.1, -0.05) is 20.8 Å². The minimum Gasteiger partial charge on any atom is -0.306 e. The van der Waals surface area contributed by atoms with Crippen LogP contribution < -0.4 is 5.32 Å². The third-order valence-electron chi connectivity index (χ3n) is 6.69. The predicted octanol–water partition coefficient (Wildman–Crippen LogP) is 4.93. The maximum Gasteiger partial charge on any atom is 0.0334 e. The van der Waals surface area contributed by atoms with Gasteiger partial charge in [-0.15, -0.1) is 11.3 Å². The fourth-order valence-electron chi connectivity index (χ4n) is 5.58. The molecule has 110 valence electrons. The number of hydrogen-bond donors (Lipinski definition) is 1. The second-order valence-corrected chi connectivity index (χ2v) is 9.26. The Bertz CT molecular complexity index is 512.